The van der Waals surface area contributed by atoms with Gasteiger partial charge in [0.25, 0.3) is 0 Å². The van der Waals surface area contributed by atoms with E-state index in [1.165, 1.54) is 12.1 Å². The topological polar surface area (TPSA) is 49.4 Å². The maximum Gasteiger partial charge on any atom is 0.240 e. The first-order valence-corrected chi connectivity index (χ1v) is 9.18. The molecule has 0 aliphatic heterocycles. The van der Waals surface area contributed by atoms with Crippen molar-refractivity contribution >= 4 is 10.0 Å². The molecule has 6 heteroatoms. The average Bonchev–Trinajstić information content (AvgIpc) is 2.48. The first kappa shape index (κ1) is 18.6. The number of aryl methyl sites for hydroxylation is 2. The van der Waals surface area contributed by atoms with Crippen LogP contribution in [0.1, 0.15) is 22.7 Å². The summed E-state index contributed by atoms with van der Waals surface area (Å²) in [4.78, 5) is 2.18. The molecule has 1 unspecified atom stereocenters. The van der Waals surface area contributed by atoms with Crippen LogP contribution < -0.4 is 4.72 Å². The summed E-state index contributed by atoms with van der Waals surface area (Å²) in [6.07, 6.45) is 0. The number of sulfonamides is 1. The van der Waals surface area contributed by atoms with E-state index in [0.717, 1.165) is 11.1 Å². The Hall–Kier alpha value is -1.76. The van der Waals surface area contributed by atoms with E-state index in [9.17, 15) is 12.8 Å². The number of hydrogen-bond donors (Lipinski definition) is 1. The van der Waals surface area contributed by atoms with Gasteiger partial charge in [-0.1, -0.05) is 29.8 Å². The van der Waals surface area contributed by atoms with E-state index in [2.05, 4.69) is 4.72 Å². The van der Waals surface area contributed by atoms with Crippen molar-refractivity contribution in [3.05, 3.63) is 65.0 Å². The summed E-state index contributed by atoms with van der Waals surface area (Å²) in [7, 11) is 0.118. The third kappa shape index (κ3) is 4.41. The highest BCUT2D eigenvalue weighted by molar-refractivity contribution is 7.89. The summed E-state index contributed by atoms with van der Waals surface area (Å²) in [5, 5.41) is 0. The molecule has 0 fully saturated rings. The second-order valence-corrected chi connectivity index (χ2v) is 7.89. The maximum atomic E-state index is 13.1. The van der Waals surface area contributed by atoms with Crippen LogP contribution in [0.5, 0.6) is 0 Å². The molecule has 0 radical (unpaired) electrons. The van der Waals surface area contributed by atoms with Crippen LogP contribution in [0.15, 0.2) is 47.4 Å². The van der Waals surface area contributed by atoms with Gasteiger partial charge in [-0.25, -0.2) is 17.5 Å². The Morgan fingerprint density at radius 1 is 1.08 bits per heavy atom. The van der Waals surface area contributed by atoms with Crippen molar-refractivity contribution in [2.45, 2.75) is 24.8 Å². The SMILES string of the molecule is Cc1ccc(S(=O)(=O)NCC(c2ccc(F)cc2)N(C)C)c(C)c1. The highest BCUT2D eigenvalue weighted by Crippen LogP contribution is 2.20. The third-order valence-electron chi connectivity index (χ3n) is 3.96. The lowest BCUT2D eigenvalue weighted by atomic mass is 10.1. The number of benzene rings is 2. The second-order valence-electron chi connectivity index (χ2n) is 6.15. The molecular weight excluding hydrogens is 327 g/mol. The highest BCUT2D eigenvalue weighted by atomic mass is 32.2. The first-order chi connectivity index (χ1) is 11.2. The standard InChI is InChI=1S/C18H23FN2O2S/c1-13-5-10-18(14(2)11-13)24(22,23)20-12-17(21(3)4)15-6-8-16(19)9-7-15/h5-11,17,20H,12H2,1-4H3. The minimum atomic E-state index is -3.60. The number of rotatable bonds is 6. The van der Waals surface area contributed by atoms with Crippen LogP contribution in [-0.2, 0) is 10.0 Å². The van der Waals surface area contributed by atoms with Gasteiger partial charge in [0.05, 0.1) is 4.90 Å². The molecule has 0 aromatic heterocycles. The van der Waals surface area contributed by atoms with Crippen molar-refractivity contribution < 1.29 is 12.8 Å². The zero-order valence-electron chi connectivity index (χ0n) is 14.4. The highest BCUT2D eigenvalue weighted by Gasteiger charge is 2.21. The molecule has 24 heavy (non-hydrogen) atoms. The van der Waals surface area contributed by atoms with E-state index in [1.807, 2.05) is 32.0 Å². The van der Waals surface area contributed by atoms with Crippen molar-refractivity contribution in [1.82, 2.24) is 9.62 Å². The lowest BCUT2D eigenvalue weighted by Crippen LogP contribution is -2.34. The van der Waals surface area contributed by atoms with Crippen LogP contribution in [0.2, 0.25) is 0 Å². The molecule has 1 N–H and O–H groups in total. The van der Waals surface area contributed by atoms with E-state index in [4.69, 9.17) is 0 Å². The largest absolute Gasteiger partial charge is 0.301 e. The molecular formula is C18H23FN2O2S. The zero-order valence-corrected chi connectivity index (χ0v) is 15.2. The van der Waals surface area contributed by atoms with Crippen molar-refractivity contribution in [1.29, 1.82) is 0 Å². The van der Waals surface area contributed by atoms with Crippen molar-refractivity contribution in [2.24, 2.45) is 0 Å². The monoisotopic (exact) mass is 350 g/mol. The Morgan fingerprint density at radius 3 is 2.25 bits per heavy atom. The Kier molecular flexibility index (Phi) is 5.74. The third-order valence-corrected chi connectivity index (χ3v) is 5.55. The Labute approximate surface area is 143 Å². The number of hydrogen-bond acceptors (Lipinski definition) is 3. The van der Waals surface area contributed by atoms with Gasteiger partial charge in [-0.15, -0.1) is 0 Å². The van der Waals surface area contributed by atoms with Gasteiger partial charge >= 0.3 is 0 Å². The van der Waals surface area contributed by atoms with Crippen LogP contribution in [0.4, 0.5) is 4.39 Å². The number of halogens is 1. The Balaban J connectivity index is 2.20. The minimum Gasteiger partial charge on any atom is -0.301 e. The van der Waals surface area contributed by atoms with E-state index in [0.29, 0.717) is 5.56 Å². The van der Waals surface area contributed by atoms with Gasteiger partial charge in [-0.05, 0) is 57.3 Å². The van der Waals surface area contributed by atoms with E-state index >= 15 is 0 Å². The van der Waals surface area contributed by atoms with Gasteiger partial charge in [0, 0.05) is 12.6 Å². The van der Waals surface area contributed by atoms with Crippen LogP contribution in [-0.4, -0.2) is 34.0 Å². The predicted octanol–water partition coefficient (Wildman–Crippen LogP) is 3.02. The molecule has 0 aliphatic rings. The molecule has 0 aliphatic carbocycles. The molecule has 0 bridgehead atoms. The molecule has 2 rings (SSSR count). The van der Waals surface area contributed by atoms with Crippen LogP contribution in [0.3, 0.4) is 0 Å². The lowest BCUT2D eigenvalue weighted by molar-refractivity contribution is 0.299. The van der Waals surface area contributed by atoms with Crippen LogP contribution >= 0.6 is 0 Å². The molecule has 2 aromatic carbocycles. The quantitative estimate of drug-likeness (QED) is 0.871. The number of nitrogens with zero attached hydrogens (tertiary/aromatic N) is 1. The lowest BCUT2D eigenvalue weighted by Gasteiger charge is -2.25. The van der Waals surface area contributed by atoms with E-state index < -0.39 is 10.0 Å². The molecule has 1 atom stereocenters. The summed E-state index contributed by atoms with van der Waals surface area (Å²) in [6, 6.07) is 11.2. The number of likely N-dealkylation sites (N-methyl/N-ethyl adjacent to an activating group) is 1. The first-order valence-electron chi connectivity index (χ1n) is 7.69. The summed E-state index contributed by atoms with van der Waals surface area (Å²) in [5.41, 5.74) is 2.58. The molecule has 130 valence electrons. The zero-order chi connectivity index (χ0) is 17.9. The fourth-order valence-electron chi connectivity index (χ4n) is 2.65. The van der Waals surface area contributed by atoms with Gasteiger partial charge < -0.3 is 4.90 Å². The van der Waals surface area contributed by atoms with Crippen LogP contribution in [0.25, 0.3) is 0 Å². The predicted molar refractivity (Wildman–Crippen MR) is 93.9 cm³/mol. The Morgan fingerprint density at radius 2 is 1.71 bits per heavy atom. The molecule has 0 heterocycles. The van der Waals surface area contributed by atoms with Crippen molar-refractivity contribution in [2.75, 3.05) is 20.6 Å². The molecule has 0 saturated carbocycles. The van der Waals surface area contributed by atoms with E-state index in [1.54, 1.807) is 31.2 Å². The molecule has 0 amide bonds. The number of nitrogens with one attached hydrogen (secondary N) is 1. The van der Waals surface area contributed by atoms with Gasteiger partial charge in [0.1, 0.15) is 5.82 Å². The molecule has 0 saturated heterocycles. The van der Waals surface area contributed by atoms with Crippen molar-refractivity contribution in [3.63, 3.8) is 0 Å². The maximum absolute atomic E-state index is 13.1. The smallest absolute Gasteiger partial charge is 0.240 e. The van der Waals surface area contributed by atoms with E-state index in [-0.39, 0.29) is 23.3 Å². The molecule has 2 aromatic rings. The average molecular weight is 350 g/mol. The minimum absolute atomic E-state index is 0.189. The summed E-state index contributed by atoms with van der Waals surface area (Å²) in [6.45, 7) is 3.91. The Bertz CT molecular complexity index is 802. The second kappa shape index (κ2) is 7.42. The van der Waals surface area contributed by atoms with Crippen LogP contribution in [0, 0.1) is 19.7 Å². The normalized spacial score (nSPS) is 13.2. The fourth-order valence-corrected chi connectivity index (χ4v) is 3.91. The summed E-state index contributed by atoms with van der Waals surface area (Å²) >= 11 is 0. The molecule has 4 nitrogen and oxygen atoms in total. The van der Waals surface area contributed by atoms with Gasteiger partial charge in [0.15, 0.2) is 0 Å². The summed E-state index contributed by atoms with van der Waals surface area (Å²) in [5.74, 6) is -0.313. The van der Waals surface area contributed by atoms with Gasteiger partial charge in [0.2, 0.25) is 10.0 Å². The van der Waals surface area contributed by atoms with Gasteiger partial charge in [-0.3, -0.25) is 0 Å². The summed E-state index contributed by atoms with van der Waals surface area (Å²) < 4.78 is 40.9. The van der Waals surface area contributed by atoms with Gasteiger partial charge in [-0.2, -0.15) is 0 Å². The fraction of sp³-hybridized carbons (Fsp3) is 0.333. The molecule has 0 spiro atoms. The van der Waals surface area contributed by atoms with Crippen molar-refractivity contribution in [3.8, 4) is 0 Å².